The molecule has 0 amide bonds. The van der Waals surface area contributed by atoms with E-state index in [0.717, 1.165) is 23.6 Å². The Morgan fingerprint density at radius 1 is 1.27 bits per heavy atom. The van der Waals surface area contributed by atoms with Gasteiger partial charge in [-0.25, -0.2) is 9.50 Å². The van der Waals surface area contributed by atoms with Gasteiger partial charge in [-0.3, -0.25) is 0 Å². The van der Waals surface area contributed by atoms with Crippen molar-refractivity contribution in [2.45, 2.75) is 34.1 Å². The SMILES string of the molecule is Cc1cccc2nc(CC(C)(C)C)nn12. The Labute approximate surface area is 90.1 Å². The minimum atomic E-state index is 0.235. The van der Waals surface area contributed by atoms with Gasteiger partial charge in [0, 0.05) is 12.1 Å². The van der Waals surface area contributed by atoms with Crippen LogP contribution in [0.5, 0.6) is 0 Å². The lowest BCUT2D eigenvalue weighted by molar-refractivity contribution is 0.401. The normalized spacial score (nSPS) is 12.3. The minimum Gasteiger partial charge on any atom is -0.218 e. The van der Waals surface area contributed by atoms with Crippen molar-refractivity contribution in [3.05, 3.63) is 29.7 Å². The first-order chi connectivity index (χ1) is 6.96. The lowest BCUT2D eigenvalue weighted by Gasteiger charge is -2.14. The number of aromatic nitrogens is 3. The van der Waals surface area contributed by atoms with Crippen molar-refractivity contribution < 1.29 is 0 Å². The van der Waals surface area contributed by atoms with E-state index >= 15 is 0 Å². The third-order valence-electron chi connectivity index (χ3n) is 2.28. The Balaban J connectivity index is 2.44. The molecule has 0 radical (unpaired) electrons. The number of hydrogen-bond acceptors (Lipinski definition) is 2. The highest BCUT2D eigenvalue weighted by Gasteiger charge is 2.15. The van der Waals surface area contributed by atoms with E-state index in [9.17, 15) is 0 Å². The van der Waals surface area contributed by atoms with Crippen LogP contribution in [0.1, 0.15) is 32.3 Å². The first-order valence-electron chi connectivity index (χ1n) is 5.27. The Hall–Kier alpha value is -1.38. The van der Waals surface area contributed by atoms with Crippen LogP contribution in [-0.2, 0) is 6.42 Å². The number of rotatable bonds is 1. The van der Waals surface area contributed by atoms with Gasteiger partial charge in [-0.2, -0.15) is 5.10 Å². The molecule has 0 aromatic carbocycles. The van der Waals surface area contributed by atoms with Gasteiger partial charge in [0.1, 0.15) is 0 Å². The van der Waals surface area contributed by atoms with Gasteiger partial charge in [-0.05, 0) is 24.5 Å². The van der Waals surface area contributed by atoms with Crippen molar-refractivity contribution >= 4 is 5.65 Å². The number of hydrogen-bond donors (Lipinski definition) is 0. The zero-order valence-electron chi connectivity index (χ0n) is 9.78. The van der Waals surface area contributed by atoms with Crippen LogP contribution in [0.3, 0.4) is 0 Å². The average Bonchev–Trinajstić information content (AvgIpc) is 2.45. The van der Waals surface area contributed by atoms with Crippen LogP contribution in [0.25, 0.3) is 5.65 Å². The van der Waals surface area contributed by atoms with Crippen LogP contribution in [0, 0.1) is 12.3 Å². The van der Waals surface area contributed by atoms with Crippen molar-refractivity contribution in [3.8, 4) is 0 Å². The maximum Gasteiger partial charge on any atom is 0.155 e. The third-order valence-corrected chi connectivity index (χ3v) is 2.28. The fraction of sp³-hybridized carbons (Fsp3) is 0.500. The highest BCUT2D eigenvalue weighted by molar-refractivity contribution is 5.38. The average molecular weight is 203 g/mol. The molecule has 0 bridgehead atoms. The summed E-state index contributed by atoms with van der Waals surface area (Å²) in [4.78, 5) is 4.51. The maximum absolute atomic E-state index is 4.51. The molecular formula is C12H17N3. The summed E-state index contributed by atoms with van der Waals surface area (Å²) in [5.41, 5.74) is 2.30. The molecule has 0 aliphatic heterocycles. The van der Waals surface area contributed by atoms with Gasteiger partial charge in [-0.1, -0.05) is 26.8 Å². The van der Waals surface area contributed by atoms with E-state index < -0.39 is 0 Å². The van der Waals surface area contributed by atoms with Gasteiger partial charge >= 0.3 is 0 Å². The quantitative estimate of drug-likeness (QED) is 0.713. The summed E-state index contributed by atoms with van der Waals surface area (Å²) in [7, 11) is 0. The van der Waals surface area contributed by atoms with Crippen molar-refractivity contribution in [3.63, 3.8) is 0 Å². The minimum absolute atomic E-state index is 0.235. The van der Waals surface area contributed by atoms with Crippen LogP contribution < -0.4 is 0 Å². The monoisotopic (exact) mass is 203 g/mol. The first kappa shape index (κ1) is 10.1. The fourth-order valence-corrected chi connectivity index (χ4v) is 1.63. The van der Waals surface area contributed by atoms with Crippen LogP contribution in [0.4, 0.5) is 0 Å². The van der Waals surface area contributed by atoms with Gasteiger partial charge in [0.2, 0.25) is 0 Å². The van der Waals surface area contributed by atoms with Gasteiger partial charge < -0.3 is 0 Å². The van der Waals surface area contributed by atoms with E-state index in [0.29, 0.717) is 0 Å². The Morgan fingerprint density at radius 3 is 2.60 bits per heavy atom. The fourth-order valence-electron chi connectivity index (χ4n) is 1.63. The summed E-state index contributed by atoms with van der Waals surface area (Å²) < 4.78 is 1.90. The largest absolute Gasteiger partial charge is 0.218 e. The predicted molar refractivity (Wildman–Crippen MR) is 60.9 cm³/mol. The molecule has 0 spiro atoms. The van der Waals surface area contributed by atoms with E-state index in [1.54, 1.807) is 0 Å². The van der Waals surface area contributed by atoms with E-state index in [-0.39, 0.29) is 5.41 Å². The molecule has 2 aromatic rings. The first-order valence-corrected chi connectivity index (χ1v) is 5.27. The zero-order valence-corrected chi connectivity index (χ0v) is 9.78. The molecule has 3 nitrogen and oxygen atoms in total. The van der Waals surface area contributed by atoms with Crippen LogP contribution in [-0.4, -0.2) is 14.6 Å². The molecule has 0 fully saturated rings. The van der Waals surface area contributed by atoms with Crippen LogP contribution in [0.2, 0.25) is 0 Å². The maximum atomic E-state index is 4.51. The summed E-state index contributed by atoms with van der Waals surface area (Å²) in [6, 6.07) is 6.05. The second kappa shape index (κ2) is 3.33. The molecule has 0 saturated heterocycles. The number of nitrogens with zero attached hydrogens (tertiary/aromatic N) is 3. The highest BCUT2D eigenvalue weighted by atomic mass is 15.3. The Bertz CT molecular complexity index is 477. The second-order valence-electron chi connectivity index (χ2n) is 5.20. The number of aryl methyl sites for hydroxylation is 1. The lowest BCUT2D eigenvalue weighted by atomic mass is 9.92. The molecule has 2 heterocycles. The summed E-state index contributed by atoms with van der Waals surface area (Å²) in [6.45, 7) is 8.64. The Kier molecular flexibility index (Phi) is 2.25. The van der Waals surface area contributed by atoms with E-state index in [1.807, 2.05) is 29.6 Å². The smallest absolute Gasteiger partial charge is 0.155 e. The summed E-state index contributed by atoms with van der Waals surface area (Å²) in [6.07, 6.45) is 0.911. The van der Waals surface area contributed by atoms with Crippen molar-refractivity contribution in [1.82, 2.24) is 14.6 Å². The van der Waals surface area contributed by atoms with Crippen molar-refractivity contribution in [2.24, 2.45) is 5.41 Å². The molecular weight excluding hydrogens is 186 g/mol. The third kappa shape index (κ3) is 2.17. The van der Waals surface area contributed by atoms with E-state index in [2.05, 4.69) is 30.9 Å². The van der Waals surface area contributed by atoms with E-state index in [1.165, 1.54) is 0 Å². The Morgan fingerprint density at radius 2 is 2.00 bits per heavy atom. The molecule has 0 aliphatic rings. The molecule has 0 N–H and O–H groups in total. The molecule has 80 valence electrons. The second-order valence-corrected chi connectivity index (χ2v) is 5.20. The zero-order chi connectivity index (χ0) is 11.1. The molecule has 15 heavy (non-hydrogen) atoms. The molecule has 3 heteroatoms. The molecule has 0 saturated carbocycles. The highest BCUT2D eigenvalue weighted by Crippen LogP contribution is 2.19. The van der Waals surface area contributed by atoms with E-state index in [4.69, 9.17) is 0 Å². The van der Waals surface area contributed by atoms with Crippen molar-refractivity contribution in [2.75, 3.05) is 0 Å². The molecule has 2 rings (SSSR count). The summed E-state index contributed by atoms with van der Waals surface area (Å²) >= 11 is 0. The van der Waals surface area contributed by atoms with Crippen LogP contribution in [0.15, 0.2) is 18.2 Å². The van der Waals surface area contributed by atoms with Gasteiger partial charge in [0.05, 0.1) is 0 Å². The number of fused-ring (bicyclic) bond motifs is 1. The van der Waals surface area contributed by atoms with Gasteiger partial charge in [0.25, 0.3) is 0 Å². The molecule has 0 unspecified atom stereocenters. The predicted octanol–water partition coefficient (Wildman–Crippen LogP) is 2.63. The molecule has 0 atom stereocenters. The number of pyridine rings is 1. The van der Waals surface area contributed by atoms with Gasteiger partial charge in [-0.15, -0.1) is 0 Å². The lowest BCUT2D eigenvalue weighted by Crippen LogP contribution is -2.10. The molecule has 0 aliphatic carbocycles. The summed E-state index contributed by atoms with van der Waals surface area (Å²) in [5, 5.41) is 4.50. The topological polar surface area (TPSA) is 30.2 Å². The van der Waals surface area contributed by atoms with Crippen LogP contribution >= 0.6 is 0 Å². The standard InChI is InChI=1S/C12H17N3/c1-9-6-5-7-11-13-10(14-15(9)11)8-12(2,3)4/h5-7H,8H2,1-4H3. The summed E-state index contributed by atoms with van der Waals surface area (Å²) in [5.74, 6) is 0.928. The molecule has 2 aromatic heterocycles. The van der Waals surface area contributed by atoms with Crippen molar-refractivity contribution in [1.29, 1.82) is 0 Å². The van der Waals surface area contributed by atoms with Gasteiger partial charge in [0.15, 0.2) is 11.5 Å².